The van der Waals surface area contributed by atoms with E-state index >= 15 is 0 Å². The van der Waals surface area contributed by atoms with Gasteiger partial charge in [-0.25, -0.2) is 0 Å². The molecule has 0 saturated carbocycles. The molecule has 0 fully saturated rings. The van der Waals surface area contributed by atoms with E-state index in [-0.39, 0.29) is 6.04 Å². The molecule has 0 bridgehead atoms. The summed E-state index contributed by atoms with van der Waals surface area (Å²) in [7, 11) is 0. The Morgan fingerprint density at radius 1 is 1.07 bits per heavy atom. The van der Waals surface area contributed by atoms with Gasteiger partial charge in [0, 0.05) is 0 Å². The molecular formula is C13H11N. The molecule has 1 atom stereocenters. The minimum absolute atomic E-state index is 0.306. The third-order valence-electron chi connectivity index (χ3n) is 2.31. The molecule has 0 radical (unpaired) electrons. The number of terminal acetylenes is 1. The minimum Gasteiger partial charge on any atom is -0.314 e. The monoisotopic (exact) mass is 181 g/mol. The zero-order valence-corrected chi connectivity index (χ0v) is 7.77. The van der Waals surface area contributed by atoms with Gasteiger partial charge >= 0.3 is 0 Å². The highest BCUT2D eigenvalue weighted by molar-refractivity contribution is 5.83. The maximum atomic E-state index is 5.75. The first-order chi connectivity index (χ1) is 6.81. The number of hydrogen-bond acceptors (Lipinski definition) is 1. The van der Waals surface area contributed by atoms with Crippen LogP contribution in [0.5, 0.6) is 0 Å². The molecule has 0 spiro atoms. The van der Waals surface area contributed by atoms with Crippen molar-refractivity contribution in [3.63, 3.8) is 0 Å². The molecule has 0 saturated heterocycles. The van der Waals surface area contributed by atoms with E-state index in [4.69, 9.17) is 12.2 Å². The lowest BCUT2D eigenvalue weighted by Crippen LogP contribution is -2.06. The van der Waals surface area contributed by atoms with Crippen molar-refractivity contribution in [1.82, 2.24) is 0 Å². The fourth-order valence-corrected chi connectivity index (χ4v) is 1.50. The van der Waals surface area contributed by atoms with Gasteiger partial charge in [-0.3, -0.25) is 0 Å². The van der Waals surface area contributed by atoms with Gasteiger partial charge in [-0.1, -0.05) is 42.3 Å². The van der Waals surface area contributed by atoms with Crippen LogP contribution in [0.2, 0.25) is 0 Å². The van der Waals surface area contributed by atoms with Crippen LogP contribution in [0.15, 0.2) is 42.5 Å². The summed E-state index contributed by atoms with van der Waals surface area (Å²) in [5, 5.41) is 2.39. The van der Waals surface area contributed by atoms with Gasteiger partial charge in [0.05, 0.1) is 6.04 Å². The second-order valence-corrected chi connectivity index (χ2v) is 3.25. The summed E-state index contributed by atoms with van der Waals surface area (Å²) >= 11 is 0. The first-order valence-corrected chi connectivity index (χ1v) is 4.51. The molecule has 2 rings (SSSR count). The molecular weight excluding hydrogens is 170 g/mol. The standard InChI is InChI=1S/C13H11N/c1-2-13(14)12-8-7-10-5-3-4-6-11(10)9-12/h1,3-9,13H,14H2/t13-/m0/s1. The molecule has 68 valence electrons. The third-order valence-corrected chi connectivity index (χ3v) is 2.31. The molecule has 0 amide bonds. The van der Waals surface area contributed by atoms with E-state index in [9.17, 15) is 0 Å². The molecule has 0 heterocycles. The van der Waals surface area contributed by atoms with Crippen LogP contribution in [0.1, 0.15) is 11.6 Å². The van der Waals surface area contributed by atoms with Crippen molar-refractivity contribution in [3.8, 4) is 12.3 Å². The van der Waals surface area contributed by atoms with Crippen LogP contribution in [0.25, 0.3) is 10.8 Å². The van der Waals surface area contributed by atoms with Gasteiger partial charge in [-0.2, -0.15) is 0 Å². The molecule has 0 aromatic heterocycles. The van der Waals surface area contributed by atoms with Gasteiger partial charge in [-0.05, 0) is 22.4 Å². The predicted molar refractivity (Wildman–Crippen MR) is 59.7 cm³/mol. The molecule has 1 heteroatoms. The SMILES string of the molecule is C#C[C@H](N)c1ccc2ccccc2c1. The highest BCUT2D eigenvalue weighted by Crippen LogP contribution is 2.18. The Hall–Kier alpha value is -1.78. The quantitative estimate of drug-likeness (QED) is 0.672. The van der Waals surface area contributed by atoms with Crippen molar-refractivity contribution in [3.05, 3.63) is 48.0 Å². The minimum atomic E-state index is -0.306. The van der Waals surface area contributed by atoms with Gasteiger partial charge in [0.15, 0.2) is 0 Å². The Morgan fingerprint density at radius 2 is 1.79 bits per heavy atom. The van der Waals surface area contributed by atoms with E-state index < -0.39 is 0 Å². The lowest BCUT2D eigenvalue weighted by atomic mass is 10.0. The average Bonchev–Trinajstić information content (AvgIpc) is 2.27. The van der Waals surface area contributed by atoms with Gasteiger partial charge in [0.25, 0.3) is 0 Å². The number of fused-ring (bicyclic) bond motifs is 1. The molecule has 14 heavy (non-hydrogen) atoms. The summed E-state index contributed by atoms with van der Waals surface area (Å²) in [6.45, 7) is 0. The second-order valence-electron chi connectivity index (χ2n) is 3.25. The van der Waals surface area contributed by atoms with E-state index in [1.165, 1.54) is 10.8 Å². The maximum Gasteiger partial charge on any atom is 0.0918 e. The van der Waals surface area contributed by atoms with Gasteiger partial charge in [0.2, 0.25) is 0 Å². The van der Waals surface area contributed by atoms with Crippen LogP contribution in [-0.2, 0) is 0 Å². The van der Waals surface area contributed by atoms with Crippen LogP contribution in [0, 0.1) is 12.3 Å². The van der Waals surface area contributed by atoms with Crippen molar-refractivity contribution < 1.29 is 0 Å². The number of hydrogen-bond donors (Lipinski definition) is 1. The van der Waals surface area contributed by atoms with Gasteiger partial charge < -0.3 is 5.73 Å². The van der Waals surface area contributed by atoms with E-state index in [0.29, 0.717) is 0 Å². The maximum absolute atomic E-state index is 5.75. The van der Waals surface area contributed by atoms with Crippen LogP contribution in [0.3, 0.4) is 0 Å². The lowest BCUT2D eigenvalue weighted by molar-refractivity contribution is 0.949. The van der Waals surface area contributed by atoms with Crippen LogP contribution in [-0.4, -0.2) is 0 Å². The lowest BCUT2D eigenvalue weighted by Gasteiger charge is -2.05. The summed E-state index contributed by atoms with van der Waals surface area (Å²) in [6.07, 6.45) is 5.27. The van der Waals surface area contributed by atoms with Crippen molar-refractivity contribution >= 4 is 10.8 Å². The van der Waals surface area contributed by atoms with Crippen LogP contribution >= 0.6 is 0 Å². The Balaban J connectivity index is 2.58. The van der Waals surface area contributed by atoms with Gasteiger partial charge in [-0.15, -0.1) is 6.42 Å². The largest absolute Gasteiger partial charge is 0.314 e. The van der Waals surface area contributed by atoms with E-state index in [2.05, 4.69) is 18.1 Å². The zero-order valence-electron chi connectivity index (χ0n) is 7.77. The first-order valence-electron chi connectivity index (χ1n) is 4.51. The van der Waals surface area contributed by atoms with Crippen molar-refractivity contribution in [2.45, 2.75) is 6.04 Å². The molecule has 2 aromatic rings. The van der Waals surface area contributed by atoms with E-state index in [1.54, 1.807) is 0 Å². The topological polar surface area (TPSA) is 26.0 Å². The average molecular weight is 181 g/mol. The summed E-state index contributed by atoms with van der Waals surface area (Å²) in [5.74, 6) is 2.52. The second kappa shape index (κ2) is 3.53. The van der Waals surface area contributed by atoms with Crippen molar-refractivity contribution in [1.29, 1.82) is 0 Å². The Kier molecular flexibility index (Phi) is 2.22. The molecule has 0 aliphatic carbocycles. The van der Waals surface area contributed by atoms with Gasteiger partial charge in [0.1, 0.15) is 0 Å². The fourth-order valence-electron chi connectivity index (χ4n) is 1.50. The predicted octanol–water partition coefficient (Wildman–Crippen LogP) is 2.47. The third kappa shape index (κ3) is 1.48. The molecule has 1 nitrogen and oxygen atoms in total. The summed E-state index contributed by atoms with van der Waals surface area (Å²) in [4.78, 5) is 0. The number of benzene rings is 2. The molecule has 0 unspecified atom stereocenters. The molecule has 2 aromatic carbocycles. The Morgan fingerprint density at radius 3 is 2.50 bits per heavy atom. The summed E-state index contributed by atoms with van der Waals surface area (Å²) in [6, 6.07) is 13.9. The molecule has 2 N–H and O–H groups in total. The van der Waals surface area contributed by atoms with E-state index in [1.807, 2.05) is 30.3 Å². The van der Waals surface area contributed by atoms with Crippen LogP contribution in [0.4, 0.5) is 0 Å². The molecule has 0 aliphatic rings. The smallest absolute Gasteiger partial charge is 0.0918 e. The highest BCUT2D eigenvalue weighted by atomic mass is 14.6. The Bertz CT molecular complexity index is 494. The van der Waals surface area contributed by atoms with Crippen molar-refractivity contribution in [2.24, 2.45) is 5.73 Å². The summed E-state index contributed by atoms with van der Waals surface area (Å²) in [5.41, 5.74) is 6.74. The molecule has 0 aliphatic heterocycles. The number of nitrogens with two attached hydrogens (primary N) is 1. The Labute approximate surface area is 83.5 Å². The summed E-state index contributed by atoms with van der Waals surface area (Å²) < 4.78 is 0. The zero-order chi connectivity index (χ0) is 9.97. The fraction of sp³-hybridized carbons (Fsp3) is 0.0769. The number of rotatable bonds is 1. The van der Waals surface area contributed by atoms with E-state index in [0.717, 1.165) is 5.56 Å². The van der Waals surface area contributed by atoms with Crippen molar-refractivity contribution in [2.75, 3.05) is 0 Å². The highest BCUT2D eigenvalue weighted by Gasteiger charge is 2.01. The first kappa shape index (κ1) is 8.80. The normalized spacial score (nSPS) is 12.3. The van der Waals surface area contributed by atoms with Crippen LogP contribution < -0.4 is 5.73 Å².